The van der Waals surface area contributed by atoms with E-state index in [2.05, 4.69) is 20.7 Å². The molecule has 24 heavy (non-hydrogen) atoms. The molecule has 1 aliphatic rings. The molecule has 9 heteroatoms. The van der Waals surface area contributed by atoms with Gasteiger partial charge in [-0.3, -0.25) is 9.48 Å². The second-order valence-corrected chi connectivity index (χ2v) is 5.61. The van der Waals surface area contributed by atoms with Gasteiger partial charge in [0.15, 0.2) is 0 Å². The van der Waals surface area contributed by atoms with Crippen molar-refractivity contribution in [2.75, 3.05) is 19.6 Å². The minimum Gasteiger partial charge on any atom is -0.353 e. The third kappa shape index (κ3) is 5.51. The van der Waals surface area contributed by atoms with Gasteiger partial charge >= 0.3 is 0 Å². The van der Waals surface area contributed by atoms with Crippen molar-refractivity contribution < 1.29 is 4.79 Å². The summed E-state index contributed by atoms with van der Waals surface area (Å²) in [6, 6.07) is 2.02. The summed E-state index contributed by atoms with van der Waals surface area (Å²) in [7, 11) is 0. The Balaban J connectivity index is 0.00000144. The fraction of sp³-hybridized carbons (Fsp3) is 0.533. The van der Waals surface area contributed by atoms with Gasteiger partial charge < -0.3 is 15.2 Å². The number of carbonyl (C=O) groups excluding carboxylic acids is 1. The molecule has 1 amide bonds. The van der Waals surface area contributed by atoms with Crippen molar-refractivity contribution in [1.29, 1.82) is 0 Å². The number of nitrogens with zero attached hydrogens (tertiary/aromatic N) is 4. The molecule has 0 saturated carbocycles. The SMILES string of the molecule is Cl.Cl.O=C(Cn1nccc1C1CCCNC1)NCCn1ccnc1. The Kier molecular flexibility index (Phi) is 8.81. The summed E-state index contributed by atoms with van der Waals surface area (Å²) in [4.78, 5) is 16.0. The number of carbonyl (C=O) groups is 1. The van der Waals surface area contributed by atoms with E-state index in [1.165, 1.54) is 6.42 Å². The highest BCUT2D eigenvalue weighted by Gasteiger charge is 2.19. The van der Waals surface area contributed by atoms with E-state index in [4.69, 9.17) is 0 Å². The summed E-state index contributed by atoms with van der Waals surface area (Å²) in [6.07, 6.45) is 9.47. The van der Waals surface area contributed by atoms with E-state index in [0.717, 1.165) is 31.7 Å². The van der Waals surface area contributed by atoms with Crippen molar-refractivity contribution in [3.8, 4) is 0 Å². The van der Waals surface area contributed by atoms with Crippen LogP contribution in [-0.4, -0.2) is 44.9 Å². The number of imidazole rings is 1. The first-order valence-corrected chi connectivity index (χ1v) is 7.78. The van der Waals surface area contributed by atoms with Crippen molar-refractivity contribution in [2.24, 2.45) is 0 Å². The van der Waals surface area contributed by atoms with Gasteiger partial charge in [0.05, 0.1) is 6.33 Å². The Bertz CT molecular complexity index is 595. The van der Waals surface area contributed by atoms with Crippen LogP contribution in [0.3, 0.4) is 0 Å². The third-order valence-electron chi connectivity index (χ3n) is 4.01. The molecule has 1 aliphatic heterocycles. The largest absolute Gasteiger partial charge is 0.353 e. The molecule has 3 rings (SSSR count). The molecule has 7 nitrogen and oxygen atoms in total. The molecule has 2 N–H and O–H groups in total. The zero-order chi connectivity index (χ0) is 15.2. The van der Waals surface area contributed by atoms with E-state index < -0.39 is 0 Å². The molecule has 1 atom stereocenters. The molecule has 0 aromatic carbocycles. The molecule has 2 aromatic heterocycles. The lowest BCUT2D eigenvalue weighted by Crippen LogP contribution is -2.33. The first-order chi connectivity index (χ1) is 10.8. The number of halogens is 2. The summed E-state index contributed by atoms with van der Waals surface area (Å²) >= 11 is 0. The lowest BCUT2D eigenvalue weighted by molar-refractivity contribution is -0.121. The Hall–Kier alpha value is -1.57. The standard InChI is InChI=1S/C15H22N6O.2ClH/c22-15(18-7-9-20-8-6-17-12-20)11-21-14(3-5-19-21)13-2-1-4-16-10-13;;/h3,5-6,8,12-13,16H,1-2,4,7,9-11H2,(H,18,22);2*1H. The van der Waals surface area contributed by atoms with Gasteiger partial charge in [0.25, 0.3) is 0 Å². The van der Waals surface area contributed by atoms with Crippen molar-refractivity contribution in [1.82, 2.24) is 30.0 Å². The second-order valence-electron chi connectivity index (χ2n) is 5.61. The molecule has 2 aromatic rings. The number of rotatable bonds is 6. The van der Waals surface area contributed by atoms with Gasteiger partial charge in [-0.25, -0.2) is 4.98 Å². The van der Waals surface area contributed by atoms with Crippen LogP contribution in [0.15, 0.2) is 31.0 Å². The lowest BCUT2D eigenvalue weighted by atomic mass is 9.96. The highest BCUT2D eigenvalue weighted by molar-refractivity contribution is 5.85. The topological polar surface area (TPSA) is 76.8 Å². The molecule has 3 heterocycles. The smallest absolute Gasteiger partial charge is 0.241 e. The molecule has 0 aliphatic carbocycles. The van der Waals surface area contributed by atoms with E-state index in [1.807, 2.05) is 21.5 Å². The molecule has 0 radical (unpaired) electrons. The normalized spacial score (nSPS) is 16.8. The lowest BCUT2D eigenvalue weighted by Gasteiger charge is -2.23. The summed E-state index contributed by atoms with van der Waals surface area (Å²) in [5.74, 6) is 0.448. The minimum atomic E-state index is -0.00571. The second kappa shape index (κ2) is 10.3. The number of aromatic nitrogens is 4. The van der Waals surface area contributed by atoms with Crippen LogP contribution in [0.25, 0.3) is 0 Å². The van der Waals surface area contributed by atoms with E-state index in [-0.39, 0.29) is 37.3 Å². The average Bonchev–Trinajstić information content (AvgIpc) is 3.20. The predicted octanol–water partition coefficient (Wildman–Crippen LogP) is 1.21. The zero-order valence-electron chi connectivity index (χ0n) is 13.4. The first-order valence-electron chi connectivity index (χ1n) is 7.78. The van der Waals surface area contributed by atoms with Gasteiger partial charge in [0.1, 0.15) is 6.54 Å². The van der Waals surface area contributed by atoms with Crippen molar-refractivity contribution >= 4 is 30.7 Å². The molecule has 0 spiro atoms. The summed E-state index contributed by atoms with van der Waals surface area (Å²) < 4.78 is 3.76. The fourth-order valence-electron chi connectivity index (χ4n) is 2.86. The third-order valence-corrected chi connectivity index (χ3v) is 4.01. The Morgan fingerprint density at radius 3 is 2.96 bits per heavy atom. The van der Waals surface area contributed by atoms with Crippen LogP contribution in [-0.2, 0) is 17.9 Å². The van der Waals surface area contributed by atoms with E-state index in [9.17, 15) is 4.79 Å². The van der Waals surface area contributed by atoms with Crippen LogP contribution in [0.5, 0.6) is 0 Å². The summed E-state index contributed by atoms with van der Waals surface area (Å²) in [5.41, 5.74) is 1.15. The van der Waals surface area contributed by atoms with Gasteiger partial charge in [-0.2, -0.15) is 5.10 Å². The predicted molar refractivity (Wildman–Crippen MR) is 96.8 cm³/mol. The molecule has 134 valence electrons. The molecule has 1 fully saturated rings. The zero-order valence-corrected chi connectivity index (χ0v) is 15.1. The van der Waals surface area contributed by atoms with Gasteiger partial charge in [-0.05, 0) is 25.5 Å². The van der Waals surface area contributed by atoms with Gasteiger partial charge in [-0.15, -0.1) is 24.8 Å². The van der Waals surface area contributed by atoms with Crippen molar-refractivity contribution in [2.45, 2.75) is 31.8 Å². The molecule has 0 bridgehead atoms. The maximum Gasteiger partial charge on any atom is 0.241 e. The maximum absolute atomic E-state index is 12.1. The van der Waals surface area contributed by atoms with E-state index >= 15 is 0 Å². The molecule has 1 saturated heterocycles. The summed E-state index contributed by atoms with van der Waals surface area (Å²) in [5, 5.41) is 10.6. The van der Waals surface area contributed by atoms with Crippen molar-refractivity contribution in [3.63, 3.8) is 0 Å². The van der Waals surface area contributed by atoms with Crippen molar-refractivity contribution in [3.05, 3.63) is 36.7 Å². The van der Waals surface area contributed by atoms with Crippen LogP contribution in [0.4, 0.5) is 0 Å². The highest BCUT2D eigenvalue weighted by atomic mass is 35.5. The fourth-order valence-corrected chi connectivity index (χ4v) is 2.86. The van der Waals surface area contributed by atoms with Crippen LogP contribution in [0.2, 0.25) is 0 Å². The highest BCUT2D eigenvalue weighted by Crippen LogP contribution is 2.22. The maximum atomic E-state index is 12.1. The Labute approximate surface area is 154 Å². The van der Waals surface area contributed by atoms with E-state index in [1.54, 1.807) is 18.7 Å². The summed E-state index contributed by atoms with van der Waals surface area (Å²) in [6.45, 7) is 3.65. The number of hydrogen-bond acceptors (Lipinski definition) is 4. The average molecular weight is 375 g/mol. The van der Waals surface area contributed by atoms with Gasteiger partial charge in [0, 0.05) is 49.8 Å². The quantitative estimate of drug-likeness (QED) is 0.796. The van der Waals surface area contributed by atoms with Gasteiger partial charge in [0.2, 0.25) is 5.91 Å². The van der Waals surface area contributed by atoms with E-state index in [0.29, 0.717) is 12.5 Å². The minimum absolute atomic E-state index is 0. The Morgan fingerprint density at radius 2 is 2.25 bits per heavy atom. The molecular formula is C15H24Cl2N6O. The van der Waals surface area contributed by atoms with Crippen LogP contribution >= 0.6 is 24.8 Å². The first kappa shape index (κ1) is 20.5. The monoisotopic (exact) mass is 374 g/mol. The van der Waals surface area contributed by atoms with Crippen LogP contribution in [0, 0.1) is 0 Å². The van der Waals surface area contributed by atoms with Crippen LogP contribution in [0.1, 0.15) is 24.5 Å². The number of hydrogen-bond donors (Lipinski definition) is 2. The number of nitrogens with one attached hydrogen (secondary N) is 2. The van der Waals surface area contributed by atoms with Crippen LogP contribution < -0.4 is 10.6 Å². The van der Waals surface area contributed by atoms with Gasteiger partial charge in [-0.1, -0.05) is 0 Å². The number of piperidine rings is 1. The molecular weight excluding hydrogens is 351 g/mol. The Morgan fingerprint density at radius 1 is 1.38 bits per heavy atom. The number of amides is 1. The molecule has 1 unspecified atom stereocenters.